The first-order valence-corrected chi connectivity index (χ1v) is 7.00. The number of carbonyl (C=O) groups excluding carboxylic acids is 1. The molecule has 0 aromatic rings. The van der Waals surface area contributed by atoms with Gasteiger partial charge in [0.1, 0.15) is 0 Å². The van der Waals surface area contributed by atoms with Crippen LogP contribution in [0.15, 0.2) is 0 Å². The molecule has 1 fully saturated rings. The van der Waals surface area contributed by atoms with Gasteiger partial charge in [0, 0.05) is 25.8 Å². The predicted molar refractivity (Wildman–Crippen MR) is 71.0 cm³/mol. The first-order chi connectivity index (χ1) is 9.15. The summed E-state index contributed by atoms with van der Waals surface area (Å²) in [6.45, 7) is 3.97. The topological polar surface area (TPSA) is 87.7 Å². The van der Waals surface area contributed by atoms with Crippen LogP contribution in [0.4, 0.5) is 4.79 Å². The van der Waals surface area contributed by atoms with Crippen LogP contribution < -0.4 is 10.6 Å². The molecule has 0 radical (unpaired) electrons. The van der Waals surface area contributed by atoms with Crippen molar-refractivity contribution in [2.24, 2.45) is 5.92 Å². The summed E-state index contributed by atoms with van der Waals surface area (Å²) in [5.41, 5.74) is 0. The van der Waals surface area contributed by atoms with E-state index in [4.69, 9.17) is 9.84 Å². The highest BCUT2D eigenvalue weighted by molar-refractivity contribution is 5.76. The van der Waals surface area contributed by atoms with Crippen LogP contribution in [0.5, 0.6) is 0 Å². The minimum Gasteiger partial charge on any atom is -0.481 e. The summed E-state index contributed by atoms with van der Waals surface area (Å²) in [5, 5.41) is 14.5. The number of carboxylic acids is 1. The van der Waals surface area contributed by atoms with Gasteiger partial charge in [0.2, 0.25) is 0 Å². The van der Waals surface area contributed by atoms with E-state index < -0.39 is 11.9 Å². The molecule has 0 spiro atoms. The summed E-state index contributed by atoms with van der Waals surface area (Å²) < 4.78 is 5.30. The van der Waals surface area contributed by atoms with Gasteiger partial charge >= 0.3 is 12.0 Å². The summed E-state index contributed by atoms with van der Waals surface area (Å²) in [5.74, 6) is -1.27. The maximum Gasteiger partial charge on any atom is 0.315 e. The Kier molecular flexibility index (Phi) is 7.25. The summed E-state index contributed by atoms with van der Waals surface area (Å²) >= 11 is 0. The molecule has 2 atom stereocenters. The smallest absolute Gasteiger partial charge is 0.315 e. The monoisotopic (exact) mass is 272 g/mol. The molecule has 110 valence electrons. The standard InChI is InChI=1S/C13H24N2O4/c1-2-8-19-9-4-7-14-13(18)15-11-6-3-5-10(11)12(16)17/h10-11H,2-9H2,1H3,(H,16,17)(H2,14,15,18). The maximum atomic E-state index is 11.6. The van der Waals surface area contributed by atoms with E-state index in [1.165, 1.54) is 0 Å². The molecule has 2 unspecified atom stereocenters. The van der Waals surface area contributed by atoms with Gasteiger partial charge in [-0.15, -0.1) is 0 Å². The Hall–Kier alpha value is -1.30. The number of hydrogen-bond donors (Lipinski definition) is 3. The molecule has 2 amide bonds. The molecule has 6 heteroatoms. The van der Waals surface area contributed by atoms with Crippen LogP contribution in [-0.4, -0.2) is 42.9 Å². The highest BCUT2D eigenvalue weighted by Gasteiger charge is 2.33. The predicted octanol–water partition coefficient (Wildman–Crippen LogP) is 1.36. The van der Waals surface area contributed by atoms with E-state index in [-0.39, 0.29) is 12.1 Å². The zero-order valence-electron chi connectivity index (χ0n) is 11.5. The number of aliphatic carboxylic acids is 1. The lowest BCUT2D eigenvalue weighted by atomic mass is 10.0. The Bertz CT molecular complexity index is 296. The van der Waals surface area contributed by atoms with E-state index >= 15 is 0 Å². The first-order valence-electron chi connectivity index (χ1n) is 7.00. The molecule has 6 nitrogen and oxygen atoms in total. The van der Waals surface area contributed by atoms with Crippen LogP contribution in [0.2, 0.25) is 0 Å². The second kappa shape index (κ2) is 8.74. The highest BCUT2D eigenvalue weighted by atomic mass is 16.5. The molecule has 0 saturated heterocycles. The molecule has 3 N–H and O–H groups in total. The third kappa shape index (κ3) is 5.92. The van der Waals surface area contributed by atoms with Crippen molar-refractivity contribution >= 4 is 12.0 Å². The second-order valence-corrected chi connectivity index (χ2v) is 4.85. The van der Waals surface area contributed by atoms with Crippen molar-refractivity contribution in [2.75, 3.05) is 19.8 Å². The average molecular weight is 272 g/mol. The Balaban J connectivity index is 2.12. The lowest BCUT2D eigenvalue weighted by molar-refractivity contribution is -0.142. The van der Waals surface area contributed by atoms with Crippen molar-refractivity contribution < 1.29 is 19.4 Å². The average Bonchev–Trinajstić information content (AvgIpc) is 2.81. The molecule has 1 rings (SSSR count). The minimum atomic E-state index is -0.823. The highest BCUT2D eigenvalue weighted by Crippen LogP contribution is 2.25. The van der Waals surface area contributed by atoms with Gasteiger partial charge in [-0.2, -0.15) is 0 Å². The van der Waals surface area contributed by atoms with Gasteiger partial charge in [0.25, 0.3) is 0 Å². The lowest BCUT2D eigenvalue weighted by Gasteiger charge is -2.17. The van der Waals surface area contributed by atoms with Crippen LogP contribution in [0.1, 0.15) is 39.0 Å². The van der Waals surface area contributed by atoms with E-state index in [0.29, 0.717) is 19.6 Å². The van der Waals surface area contributed by atoms with Gasteiger partial charge in [0.05, 0.1) is 5.92 Å². The minimum absolute atomic E-state index is 0.242. The summed E-state index contributed by atoms with van der Waals surface area (Å²) in [6, 6.07) is -0.525. The Morgan fingerprint density at radius 2 is 2.11 bits per heavy atom. The molecular formula is C13H24N2O4. The fourth-order valence-corrected chi connectivity index (χ4v) is 2.27. The quantitative estimate of drug-likeness (QED) is 0.582. The van der Waals surface area contributed by atoms with Crippen molar-refractivity contribution in [1.82, 2.24) is 10.6 Å². The molecule has 0 aromatic heterocycles. The molecule has 1 aliphatic carbocycles. The normalized spacial score (nSPS) is 22.2. The van der Waals surface area contributed by atoms with Gasteiger partial charge in [-0.1, -0.05) is 13.3 Å². The van der Waals surface area contributed by atoms with E-state index in [1.807, 2.05) is 6.92 Å². The van der Waals surface area contributed by atoms with Crippen LogP contribution in [0.3, 0.4) is 0 Å². The lowest BCUT2D eigenvalue weighted by Crippen LogP contribution is -2.45. The van der Waals surface area contributed by atoms with Gasteiger partial charge < -0.3 is 20.5 Å². The number of hydrogen-bond acceptors (Lipinski definition) is 3. The zero-order valence-corrected chi connectivity index (χ0v) is 11.5. The summed E-state index contributed by atoms with van der Waals surface area (Å²) in [4.78, 5) is 22.6. The summed E-state index contributed by atoms with van der Waals surface area (Å²) in [6.07, 6.45) is 3.99. The van der Waals surface area contributed by atoms with E-state index in [1.54, 1.807) is 0 Å². The molecule has 0 heterocycles. The van der Waals surface area contributed by atoms with Crippen molar-refractivity contribution in [3.8, 4) is 0 Å². The van der Waals surface area contributed by atoms with Gasteiger partial charge in [-0.25, -0.2) is 4.79 Å². The van der Waals surface area contributed by atoms with Crippen LogP contribution >= 0.6 is 0 Å². The molecule has 0 bridgehead atoms. The SMILES string of the molecule is CCCOCCCNC(=O)NC1CCCC1C(=O)O. The number of rotatable bonds is 8. The van der Waals surface area contributed by atoms with Crippen LogP contribution in [0.25, 0.3) is 0 Å². The first kappa shape index (κ1) is 15.8. The Labute approximate surface area is 113 Å². The number of carbonyl (C=O) groups is 2. The number of carboxylic acid groups (broad SMARTS) is 1. The number of ether oxygens (including phenoxy) is 1. The number of nitrogens with one attached hydrogen (secondary N) is 2. The van der Waals surface area contributed by atoms with Crippen molar-refractivity contribution in [1.29, 1.82) is 0 Å². The maximum absolute atomic E-state index is 11.6. The number of amides is 2. The van der Waals surface area contributed by atoms with Crippen LogP contribution in [0, 0.1) is 5.92 Å². The Morgan fingerprint density at radius 1 is 1.32 bits per heavy atom. The van der Waals surface area contributed by atoms with Crippen molar-refractivity contribution in [3.63, 3.8) is 0 Å². The van der Waals surface area contributed by atoms with Crippen molar-refractivity contribution in [2.45, 2.75) is 45.1 Å². The molecule has 0 aliphatic heterocycles. The largest absolute Gasteiger partial charge is 0.481 e. The zero-order chi connectivity index (χ0) is 14.1. The van der Waals surface area contributed by atoms with E-state index in [2.05, 4.69) is 10.6 Å². The molecular weight excluding hydrogens is 248 g/mol. The fraction of sp³-hybridized carbons (Fsp3) is 0.846. The second-order valence-electron chi connectivity index (χ2n) is 4.85. The van der Waals surface area contributed by atoms with Crippen molar-refractivity contribution in [3.05, 3.63) is 0 Å². The van der Waals surface area contributed by atoms with E-state index in [9.17, 15) is 9.59 Å². The fourth-order valence-electron chi connectivity index (χ4n) is 2.27. The molecule has 19 heavy (non-hydrogen) atoms. The molecule has 0 aromatic carbocycles. The van der Waals surface area contributed by atoms with Crippen LogP contribution in [-0.2, 0) is 9.53 Å². The molecule has 1 saturated carbocycles. The third-order valence-electron chi connectivity index (χ3n) is 3.25. The van der Waals surface area contributed by atoms with Gasteiger partial charge in [-0.05, 0) is 25.7 Å². The number of urea groups is 1. The van der Waals surface area contributed by atoms with Gasteiger partial charge in [-0.3, -0.25) is 4.79 Å². The third-order valence-corrected chi connectivity index (χ3v) is 3.25. The Morgan fingerprint density at radius 3 is 2.79 bits per heavy atom. The van der Waals surface area contributed by atoms with Gasteiger partial charge in [0.15, 0.2) is 0 Å². The molecule has 1 aliphatic rings. The van der Waals surface area contributed by atoms with E-state index in [0.717, 1.165) is 32.3 Å². The summed E-state index contributed by atoms with van der Waals surface area (Å²) in [7, 11) is 0.